The molecule has 0 aliphatic heterocycles. The maximum absolute atomic E-state index is 11.4. The smallest absolute Gasteiger partial charge is 0.261 e. The van der Waals surface area contributed by atoms with E-state index in [9.17, 15) is 4.79 Å². The molecule has 20 heavy (non-hydrogen) atoms. The van der Waals surface area contributed by atoms with Gasteiger partial charge in [-0.05, 0) is 24.5 Å². The van der Waals surface area contributed by atoms with Gasteiger partial charge >= 0.3 is 0 Å². The molecule has 0 unspecified atom stereocenters. The van der Waals surface area contributed by atoms with Crippen LogP contribution in [0.3, 0.4) is 0 Å². The average Bonchev–Trinajstić information content (AvgIpc) is 2.77. The van der Waals surface area contributed by atoms with Crippen LogP contribution in [0.15, 0.2) is 11.6 Å². The van der Waals surface area contributed by atoms with Gasteiger partial charge in [-0.1, -0.05) is 20.3 Å². The van der Waals surface area contributed by atoms with Gasteiger partial charge in [0.2, 0.25) is 0 Å². The van der Waals surface area contributed by atoms with Crippen LogP contribution in [0, 0.1) is 11.3 Å². The van der Waals surface area contributed by atoms with Gasteiger partial charge in [-0.3, -0.25) is 4.79 Å². The van der Waals surface area contributed by atoms with Crippen LogP contribution < -0.4 is 5.73 Å². The number of carbonyl (C=O) groups is 1. The average molecular weight is 274 g/mol. The first-order valence-electron chi connectivity index (χ1n) is 6.78. The fourth-order valence-corrected chi connectivity index (χ4v) is 2.28. The van der Waals surface area contributed by atoms with Gasteiger partial charge in [-0.2, -0.15) is 5.26 Å². The van der Waals surface area contributed by atoms with Crippen molar-refractivity contribution in [2.75, 3.05) is 14.1 Å². The molecule has 0 saturated heterocycles. The van der Waals surface area contributed by atoms with E-state index < -0.39 is 5.91 Å². The Labute approximate surface area is 120 Å². The summed E-state index contributed by atoms with van der Waals surface area (Å²) in [5.41, 5.74) is 8.95. The molecule has 108 valence electrons. The second-order valence-electron chi connectivity index (χ2n) is 4.88. The number of aryl methyl sites for hydroxylation is 2. The number of H-pyrrole nitrogens is 1. The van der Waals surface area contributed by atoms with E-state index in [1.165, 1.54) is 5.56 Å². The Morgan fingerprint density at radius 1 is 1.45 bits per heavy atom. The third kappa shape index (κ3) is 3.21. The van der Waals surface area contributed by atoms with E-state index >= 15 is 0 Å². The molecule has 0 spiro atoms. The van der Waals surface area contributed by atoms with Crippen molar-refractivity contribution < 1.29 is 4.79 Å². The minimum absolute atomic E-state index is 0.0260. The lowest BCUT2D eigenvalue weighted by Crippen LogP contribution is -2.21. The molecule has 1 aromatic rings. The first kappa shape index (κ1) is 15.8. The maximum Gasteiger partial charge on any atom is 0.261 e. The van der Waals surface area contributed by atoms with Crippen molar-refractivity contribution in [2.45, 2.75) is 33.1 Å². The minimum atomic E-state index is -0.708. The van der Waals surface area contributed by atoms with Gasteiger partial charge in [0.25, 0.3) is 5.91 Å². The second-order valence-corrected chi connectivity index (χ2v) is 4.88. The highest BCUT2D eigenvalue weighted by Crippen LogP contribution is 2.24. The van der Waals surface area contributed by atoms with Crippen LogP contribution in [0.5, 0.6) is 0 Å². The van der Waals surface area contributed by atoms with Gasteiger partial charge in [0.1, 0.15) is 11.6 Å². The SMILES string of the molecule is CCCc1[nH]c(/C(=C(/C#N)C(N)=O)N(C)C)cc1CC. The summed E-state index contributed by atoms with van der Waals surface area (Å²) in [7, 11) is 3.59. The topological polar surface area (TPSA) is 85.9 Å². The number of amides is 1. The van der Waals surface area contributed by atoms with Crippen LogP contribution in [0.1, 0.15) is 37.2 Å². The van der Waals surface area contributed by atoms with Gasteiger partial charge < -0.3 is 15.6 Å². The Bertz CT molecular complexity index is 561. The van der Waals surface area contributed by atoms with Crippen LogP contribution in [-0.4, -0.2) is 29.9 Å². The number of aromatic amines is 1. The number of primary amides is 1. The second kappa shape index (κ2) is 6.80. The summed E-state index contributed by atoms with van der Waals surface area (Å²) in [6.07, 6.45) is 2.89. The van der Waals surface area contributed by atoms with Crippen molar-refractivity contribution in [2.24, 2.45) is 5.73 Å². The Morgan fingerprint density at radius 2 is 2.10 bits per heavy atom. The number of carbonyl (C=O) groups excluding carboxylic acids is 1. The summed E-state index contributed by atoms with van der Waals surface area (Å²) >= 11 is 0. The molecule has 1 heterocycles. The molecule has 1 amide bonds. The van der Waals surface area contributed by atoms with Gasteiger partial charge in [0.05, 0.1) is 11.4 Å². The number of aromatic nitrogens is 1. The zero-order valence-electron chi connectivity index (χ0n) is 12.6. The molecule has 5 nitrogen and oxygen atoms in total. The third-order valence-corrected chi connectivity index (χ3v) is 3.17. The number of hydrogen-bond acceptors (Lipinski definition) is 3. The van der Waals surface area contributed by atoms with Crippen molar-refractivity contribution in [3.8, 4) is 6.07 Å². The highest BCUT2D eigenvalue weighted by molar-refractivity contribution is 6.03. The maximum atomic E-state index is 11.4. The molecule has 0 aliphatic rings. The van der Waals surface area contributed by atoms with Crippen molar-refractivity contribution in [1.82, 2.24) is 9.88 Å². The van der Waals surface area contributed by atoms with Gasteiger partial charge in [-0.25, -0.2) is 0 Å². The molecule has 1 rings (SSSR count). The first-order chi connectivity index (χ1) is 9.46. The Hall–Kier alpha value is -2.22. The number of nitrogens with two attached hydrogens (primary N) is 1. The monoisotopic (exact) mass is 274 g/mol. The van der Waals surface area contributed by atoms with E-state index in [2.05, 4.69) is 18.8 Å². The van der Waals surface area contributed by atoms with E-state index in [1.807, 2.05) is 12.1 Å². The van der Waals surface area contributed by atoms with E-state index in [1.54, 1.807) is 19.0 Å². The van der Waals surface area contributed by atoms with Gasteiger partial charge in [0.15, 0.2) is 0 Å². The Kier molecular flexibility index (Phi) is 5.39. The lowest BCUT2D eigenvalue weighted by Gasteiger charge is -2.17. The Balaban J connectivity index is 3.45. The van der Waals surface area contributed by atoms with E-state index in [0.29, 0.717) is 5.70 Å². The van der Waals surface area contributed by atoms with Crippen molar-refractivity contribution in [1.29, 1.82) is 5.26 Å². The molecular formula is C15H22N4O. The van der Waals surface area contributed by atoms with E-state index in [-0.39, 0.29) is 5.57 Å². The van der Waals surface area contributed by atoms with Gasteiger partial charge in [-0.15, -0.1) is 0 Å². The number of nitrogens with one attached hydrogen (secondary N) is 1. The van der Waals surface area contributed by atoms with E-state index in [0.717, 1.165) is 30.7 Å². The molecule has 0 aromatic carbocycles. The number of nitriles is 1. The molecule has 0 aliphatic carbocycles. The molecule has 0 bridgehead atoms. The van der Waals surface area contributed by atoms with Crippen LogP contribution in [0.2, 0.25) is 0 Å². The zero-order chi connectivity index (χ0) is 15.3. The summed E-state index contributed by atoms with van der Waals surface area (Å²) in [5, 5.41) is 9.16. The normalized spacial score (nSPS) is 11.8. The molecule has 3 N–H and O–H groups in total. The van der Waals surface area contributed by atoms with Crippen LogP contribution in [-0.2, 0) is 17.6 Å². The molecule has 0 atom stereocenters. The highest BCUT2D eigenvalue weighted by Gasteiger charge is 2.19. The van der Waals surface area contributed by atoms with E-state index in [4.69, 9.17) is 11.0 Å². The third-order valence-electron chi connectivity index (χ3n) is 3.17. The summed E-state index contributed by atoms with van der Waals surface area (Å²) < 4.78 is 0. The van der Waals surface area contributed by atoms with Crippen LogP contribution in [0.25, 0.3) is 5.70 Å². The summed E-state index contributed by atoms with van der Waals surface area (Å²) in [6.45, 7) is 4.21. The van der Waals surface area contributed by atoms with Crippen LogP contribution >= 0.6 is 0 Å². The first-order valence-corrected chi connectivity index (χ1v) is 6.78. The fraction of sp³-hybridized carbons (Fsp3) is 0.467. The summed E-state index contributed by atoms with van der Waals surface area (Å²) in [4.78, 5) is 16.5. The zero-order valence-corrected chi connectivity index (χ0v) is 12.6. The van der Waals surface area contributed by atoms with Crippen molar-refractivity contribution in [3.05, 3.63) is 28.6 Å². The minimum Gasteiger partial charge on any atom is -0.375 e. The van der Waals surface area contributed by atoms with Crippen molar-refractivity contribution in [3.63, 3.8) is 0 Å². The van der Waals surface area contributed by atoms with Crippen molar-refractivity contribution >= 4 is 11.6 Å². The standard InChI is InChI=1S/C15H22N4O/c1-5-7-12-10(6-2)8-13(18-12)14(19(3)4)11(9-16)15(17)20/h8,18H,5-7H2,1-4H3,(H2,17,20)/b14-11+. The number of nitrogens with zero attached hydrogens (tertiary/aromatic N) is 2. The Morgan fingerprint density at radius 3 is 2.50 bits per heavy atom. The lowest BCUT2D eigenvalue weighted by atomic mass is 10.1. The molecule has 0 fully saturated rings. The highest BCUT2D eigenvalue weighted by atomic mass is 16.1. The number of rotatable bonds is 6. The molecule has 1 aromatic heterocycles. The largest absolute Gasteiger partial charge is 0.375 e. The summed E-state index contributed by atoms with van der Waals surface area (Å²) in [5.74, 6) is -0.708. The van der Waals surface area contributed by atoms with Crippen LogP contribution in [0.4, 0.5) is 0 Å². The quantitative estimate of drug-likeness (QED) is 0.612. The fourth-order valence-electron chi connectivity index (χ4n) is 2.28. The predicted molar refractivity (Wildman–Crippen MR) is 79.6 cm³/mol. The number of hydrogen-bond donors (Lipinski definition) is 2. The molecule has 0 saturated carbocycles. The molecular weight excluding hydrogens is 252 g/mol. The van der Waals surface area contributed by atoms with Gasteiger partial charge in [0, 0.05) is 19.8 Å². The predicted octanol–water partition coefficient (Wildman–Crippen LogP) is 1.81. The molecule has 0 radical (unpaired) electrons. The summed E-state index contributed by atoms with van der Waals surface area (Å²) in [6, 6.07) is 3.90. The molecule has 5 heteroatoms. The lowest BCUT2D eigenvalue weighted by molar-refractivity contribution is -0.114.